The molecule has 2 saturated carbocycles. The molecule has 4 rings (SSSR count). The van der Waals surface area contributed by atoms with Gasteiger partial charge >= 0.3 is 0 Å². The van der Waals surface area contributed by atoms with Crippen molar-refractivity contribution in [3.05, 3.63) is 29.8 Å². The maximum absolute atomic E-state index is 12.9. The zero-order valence-electron chi connectivity index (χ0n) is 13.2. The minimum atomic E-state index is -3.44. The molecule has 0 amide bonds. The Morgan fingerprint density at radius 2 is 1.82 bits per heavy atom. The van der Waals surface area contributed by atoms with Crippen molar-refractivity contribution in [3.8, 4) is 0 Å². The first-order chi connectivity index (χ1) is 10.5. The molecule has 0 unspecified atom stereocenters. The number of likely N-dealkylation sites (N-methyl/N-ethyl adjacent to an activating group) is 1. The van der Waals surface area contributed by atoms with Gasteiger partial charge in [0.25, 0.3) is 0 Å². The highest BCUT2D eigenvalue weighted by molar-refractivity contribution is 7.89. The molecule has 1 aromatic rings. The third-order valence-corrected chi connectivity index (χ3v) is 7.77. The van der Waals surface area contributed by atoms with Crippen LogP contribution in [0.15, 0.2) is 29.2 Å². The predicted molar refractivity (Wildman–Crippen MR) is 84.0 cm³/mol. The van der Waals surface area contributed by atoms with Crippen molar-refractivity contribution in [2.24, 2.45) is 11.8 Å². The molecule has 0 aromatic heterocycles. The highest BCUT2D eigenvalue weighted by atomic mass is 32.2. The van der Waals surface area contributed by atoms with E-state index < -0.39 is 10.0 Å². The molecule has 2 aliphatic carbocycles. The Morgan fingerprint density at radius 3 is 2.45 bits per heavy atom. The highest BCUT2D eigenvalue weighted by Gasteiger charge is 2.72. The van der Waals surface area contributed by atoms with Crippen molar-refractivity contribution in [2.75, 3.05) is 13.7 Å². The summed E-state index contributed by atoms with van der Waals surface area (Å²) in [6.45, 7) is 2.69. The van der Waals surface area contributed by atoms with E-state index in [1.807, 2.05) is 19.1 Å². The molecular weight excluding hydrogens is 298 g/mol. The molecule has 1 saturated heterocycles. The van der Waals surface area contributed by atoms with Gasteiger partial charge in [0.05, 0.1) is 17.5 Å². The highest BCUT2D eigenvalue weighted by Crippen LogP contribution is 2.62. The van der Waals surface area contributed by atoms with Crippen molar-refractivity contribution in [1.29, 1.82) is 0 Å². The van der Waals surface area contributed by atoms with Gasteiger partial charge in [-0.2, -0.15) is 4.31 Å². The molecule has 0 N–H and O–H groups in total. The van der Waals surface area contributed by atoms with Gasteiger partial charge in [0, 0.05) is 7.05 Å². The third-order valence-electron chi connectivity index (χ3n) is 5.92. The average Bonchev–Trinajstić information content (AvgIpc) is 3.30. The lowest BCUT2D eigenvalue weighted by Gasteiger charge is -2.55. The van der Waals surface area contributed by atoms with Crippen LogP contribution in [0, 0.1) is 18.8 Å². The van der Waals surface area contributed by atoms with Crippen LogP contribution in [0.2, 0.25) is 0 Å². The van der Waals surface area contributed by atoms with Crippen LogP contribution in [0.3, 0.4) is 0 Å². The Kier molecular flexibility index (Phi) is 3.19. The molecule has 1 heterocycles. The summed E-state index contributed by atoms with van der Waals surface area (Å²) in [6.07, 6.45) is 4.80. The van der Waals surface area contributed by atoms with Crippen LogP contribution in [0.25, 0.3) is 0 Å². The van der Waals surface area contributed by atoms with E-state index >= 15 is 0 Å². The van der Waals surface area contributed by atoms with Crippen LogP contribution < -0.4 is 0 Å². The number of hydrogen-bond acceptors (Lipinski definition) is 3. The number of benzene rings is 1. The minimum absolute atomic E-state index is 0.0177. The number of rotatable bonds is 3. The fourth-order valence-electron chi connectivity index (χ4n) is 4.68. The van der Waals surface area contributed by atoms with Gasteiger partial charge in [0.2, 0.25) is 10.0 Å². The van der Waals surface area contributed by atoms with Crippen LogP contribution in [0.5, 0.6) is 0 Å². The molecule has 1 spiro atoms. The summed E-state index contributed by atoms with van der Waals surface area (Å²) in [7, 11) is -1.71. The Hall–Kier alpha value is -0.910. The first kappa shape index (κ1) is 14.7. The topological polar surface area (TPSA) is 49.9 Å². The quantitative estimate of drug-likeness (QED) is 0.804. The molecule has 4 nitrogen and oxygen atoms in total. The molecule has 4 atom stereocenters. The van der Waals surface area contributed by atoms with E-state index in [0.29, 0.717) is 16.7 Å². The lowest BCUT2D eigenvalue weighted by atomic mass is 9.55. The van der Waals surface area contributed by atoms with E-state index in [0.717, 1.165) is 18.6 Å². The number of aryl methyl sites for hydroxylation is 1. The van der Waals surface area contributed by atoms with Crippen molar-refractivity contribution < 1.29 is 13.2 Å². The Balaban J connectivity index is 1.63. The van der Waals surface area contributed by atoms with Gasteiger partial charge in [-0.25, -0.2) is 8.42 Å². The first-order valence-electron chi connectivity index (χ1n) is 8.15. The molecule has 0 bridgehead atoms. The second-order valence-corrected chi connectivity index (χ2v) is 9.08. The predicted octanol–water partition coefficient (Wildman–Crippen LogP) is 2.57. The first-order valence-corrected chi connectivity index (χ1v) is 9.59. The standard InChI is InChI=1S/C17H23NO3S/c1-12-7-9-13(10-8-12)22(19,20)18(2)16-14-5-3-4-6-15(14)17(16)11-21-17/h7-10,14-16H,3-6,11H2,1-2H3/t14-,15+,16+,17-/m1/s1. The monoisotopic (exact) mass is 321 g/mol. The summed E-state index contributed by atoms with van der Waals surface area (Å²) >= 11 is 0. The van der Waals surface area contributed by atoms with Crippen LogP contribution >= 0.6 is 0 Å². The summed E-state index contributed by atoms with van der Waals surface area (Å²) in [5.41, 5.74) is 0.900. The molecule has 0 radical (unpaired) electrons. The van der Waals surface area contributed by atoms with Crippen molar-refractivity contribution in [1.82, 2.24) is 4.31 Å². The van der Waals surface area contributed by atoms with Gasteiger partial charge in [-0.1, -0.05) is 30.5 Å². The van der Waals surface area contributed by atoms with Gasteiger partial charge in [-0.15, -0.1) is 0 Å². The third kappa shape index (κ3) is 1.92. The zero-order valence-corrected chi connectivity index (χ0v) is 14.0. The van der Waals surface area contributed by atoms with E-state index in [4.69, 9.17) is 4.74 Å². The van der Waals surface area contributed by atoms with E-state index in [-0.39, 0.29) is 11.6 Å². The van der Waals surface area contributed by atoms with E-state index in [1.165, 1.54) is 19.3 Å². The number of fused-ring (bicyclic) bond motifs is 2. The second-order valence-electron chi connectivity index (χ2n) is 7.08. The average molecular weight is 321 g/mol. The van der Waals surface area contributed by atoms with E-state index in [2.05, 4.69) is 0 Å². The fraction of sp³-hybridized carbons (Fsp3) is 0.647. The lowest BCUT2D eigenvalue weighted by molar-refractivity contribution is -0.0730. The van der Waals surface area contributed by atoms with Crippen molar-refractivity contribution in [2.45, 2.75) is 49.1 Å². The lowest BCUT2D eigenvalue weighted by Crippen LogP contribution is -2.67. The largest absolute Gasteiger partial charge is 0.368 e. The number of nitrogens with zero attached hydrogens (tertiary/aromatic N) is 1. The Morgan fingerprint density at radius 1 is 1.18 bits per heavy atom. The van der Waals surface area contributed by atoms with Crippen LogP contribution in [-0.2, 0) is 14.8 Å². The molecule has 22 heavy (non-hydrogen) atoms. The molecule has 120 valence electrons. The van der Waals surface area contributed by atoms with Crippen LogP contribution in [-0.4, -0.2) is 38.0 Å². The van der Waals surface area contributed by atoms with Gasteiger partial charge in [0.1, 0.15) is 5.60 Å². The van der Waals surface area contributed by atoms with Gasteiger partial charge in [0.15, 0.2) is 0 Å². The summed E-state index contributed by atoms with van der Waals surface area (Å²) in [4.78, 5) is 0.385. The molecule has 3 fully saturated rings. The van der Waals surface area contributed by atoms with Gasteiger partial charge < -0.3 is 4.74 Å². The summed E-state index contributed by atoms with van der Waals surface area (Å²) in [5, 5.41) is 0. The fourth-order valence-corrected chi connectivity index (χ4v) is 6.13. The second kappa shape index (κ2) is 4.79. The molecule has 1 aliphatic heterocycles. The van der Waals surface area contributed by atoms with Gasteiger partial charge in [-0.3, -0.25) is 0 Å². The number of sulfonamides is 1. The summed E-state index contributed by atoms with van der Waals surface area (Å²) in [5.74, 6) is 1.04. The molecule has 5 heteroatoms. The maximum atomic E-state index is 12.9. The number of epoxide rings is 1. The Bertz CT molecular complexity index is 678. The molecule has 3 aliphatic rings. The van der Waals surface area contributed by atoms with Crippen LogP contribution in [0.4, 0.5) is 0 Å². The zero-order chi connectivity index (χ0) is 15.5. The maximum Gasteiger partial charge on any atom is 0.243 e. The van der Waals surface area contributed by atoms with Crippen molar-refractivity contribution in [3.63, 3.8) is 0 Å². The summed E-state index contributed by atoms with van der Waals surface area (Å²) < 4.78 is 33.2. The normalized spacial score (nSPS) is 37.0. The number of hydrogen-bond donors (Lipinski definition) is 0. The number of ether oxygens (including phenoxy) is 1. The van der Waals surface area contributed by atoms with E-state index in [9.17, 15) is 8.42 Å². The Labute approximate surface area is 132 Å². The minimum Gasteiger partial charge on any atom is -0.368 e. The summed E-state index contributed by atoms with van der Waals surface area (Å²) in [6, 6.07) is 7.14. The van der Waals surface area contributed by atoms with E-state index in [1.54, 1.807) is 23.5 Å². The molecular formula is C17H23NO3S. The van der Waals surface area contributed by atoms with Crippen molar-refractivity contribution >= 4 is 10.0 Å². The van der Waals surface area contributed by atoms with Gasteiger partial charge in [-0.05, 0) is 43.7 Å². The SMILES string of the molecule is Cc1ccc(S(=O)(=O)N(C)[C@H]2[C@@H]3CCCC[C@@H]3[C@]23CO3)cc1. The van der Waals surface area contributed by atoms with Crippen LogP contribution in [0.1, 0.15) is 31.2 Å². The molecule has 1 aromatic carbocycles. The smallest absolute Gasteiger partial charge is 0.243 e.